The van der Waals surface area contributed by atoms with Crippen LogP contribution in [0.25, 0.3) is 22.3 Å². The maximum Gasteiger partial charge on any atom is 0.255 e. The first-order valence-corrected chi connectivity index (χ1v) is 16.7. The van der Waals surface area contributed by atoms with Gasteiger partial charge >= 0.3 is 0 Å². The van der Waals surface area contributed by atoms with Gasteiger partial charge in [-0.1, -0.05) is 27.5 Å². The minimum absolute atomic E-state index is 0.0947. The van der Waals surface area contributed by atoms with Gasteiger partial charge in [0.05, 0.1) is 29.8 Å². The van der Waals surface area contributed by atoms with E-state index in [9.17, 15) is 17.6 Å². The molecule has 3 aromatic carbocycles. The Balaban J connectivity index is 0.00000104. The predicted octanol–water partition coefficient (Wildman–Crippen LogP) is 7.29. The zero-order valence-corrected chi connectivity index (χ0v) is 27.8. The van der Waals surface area contributed by atoms with Crippen LogP contribution in [-0.2, 0) is 30.8 Å². The number of ether oxygens (including phenoxy) is 3. The molecule has 1 fully saturated rings. The Hall–Kier alpha value is -3.00. The number of carbonyl (C=O) groups excluding carboxylic acids is 1. The maximum atomic E-state index is 13.6. The summed E-state index contributed by atoms with van der Waals surface area (Å²) in [5, 5.41) is 3.22. The van der Waals surface area contributed by atoms with Crippen LogP contribution in [0, 0.1) is 5.82 Å². The monoisotopic (exact) mass is 710 g/mol. The summed E-state index contributed by atoms with van der Waals surface area (Å²) in [6.07, 6.45) is 2.94. The van der Waals surface area contributed by atoms with Gasteiger partial charge in [0.25, 0.3) is 5.91 Å². The van der Waals surface area contributed by atoms with E-state index in [1.165, 1.54) is 30.6 Å². The minimum Gasteiger partial charge on any atom is -0.455 e. The molecule has 1 amide bonds. The van der Waals surface area contributed by atoms with Crippen molar-refractivity contribution >= 4 is 65.8 Å². The lowest BCUT2D eigenvalue weighted by molar-refractivity contribution is -0.0392. The molecule has 0 atom stereocenters. The molecule has 236 valence electrons. The zero-order valence-electron chi connectivity index (χ0n) is 24.7. The van der Waals surface area contributed by atoms with Crippen LogP contribution in [0.2, 0.25) is 0 Å². The van der Waals surface area contributed by atoms with Crippen LogP contribution in [0.5, 0.6) is 0 Å². The number of alkyl halides is 1. The molecule has 0 aliphatic heterocycles. The lowest BCUT2D eigenvalue weighted by Crippen LogP contribution is -2.26. The van der Waals surface area contributed by atoms with Crippen LogP contribution in [0.3, 0.4) is 0 Å². The van der Waals surface area contributed by atoms with Crippen LogP contribution in [0.15, 0.2) is 63.5 Å². The Kier molecular flexibility index (Phi) is 11.4. The van der Waals surface area contributed by atoms with E-state index in [1.807, 2.05) is 6.07 Å². The van der Waals surface area contributed by atoms with Crippen molar-refractivity contribution in [3.63, 3.8) is 0 Å². The zero-order chi connectivity index (χ0) is 32.0. The van der Waals surface area contributed by atoms with Gasteiger partial charge in [-0.05, 0) is 78.4 Å². The summed E-state index contributed by atoms with van der Waals surface area (Å²) in [5.41, 5.74) is 3.60. The van der Waals surface area contributed by atoms with Crippen LogP contribution in [-0.4, -0.2) is 54.7 Å². The number of anilines is 2. The number of fused-ring (bicyclic) bond motifs is 1. The van der Waals surface area contributed by atoms with Gasteiger partial charge in [0.1, 0.15) is 30.0 Å². The van der Waals surface area contributed by atoms with Crippen LogP contribution in [0.4, 0.5) is 15.8 Å². The Morgan fingerprint density at radius 3 is 2.36 bits per heavy atom. The van der Waals surface area contributed by atoms with E-state index in [2.05, 4.69) is 26.0 Å². The number of benzene rings is 3. The lowest BCUT2D eigenvalue weighted by atomic mass is 10.00. The molecule has 44 heavy (non-hydrogen) atoms. The largest absolute Gasteiger partial charge is 0.455 e. The molecule has 1 saturated carbocycles. The molecule has 0 unspecified atom stereocenters. The number of amides is 1. The molecule has 1 aromatic heterocycles. The Bertz CT molecular complexity index is 1730. The van der Waals surface area contributed by atoms with E-state index >= 15 is 0 Å². The third-order valence-electron chi connectivity index (χ3n) is 6.80. The number of rotatable bonds is 11. The Morgan fingerprint density at radius 1 is 1.11 bits per heavy atom. The average Bonchev–Trinajstić information content (AvgIpc) is 3.78. The number of furan rings is 1. The summed E-state index contributed by atoms with van der Waals surface area (Å²) in [5.74, 6) is -0.364. The Labute approximate surface area is 269 Å². The molecular weight excluding hydrogens is 679 g/mol. The fourth-order valence-corrected chi connectivity index (χ4v) is 6.12. The first kappa shape index (κ1) is 33.9. The molecule has 1 heterocycles. The topological polar surface area (TPSA) is 107 Å². The second kappa shape index (κ2) is 14.9. The van der Waals surface area contributed by atoms with E-state index in [1.54, 1.807) is 43.5 Å². The number of nitrogens with one attached hydrogen (secondary N) is 1. The average molecular weight is 712 g/mol. The molecule has 5 rings (SSSR count). The summed E-state index contributed by atoms with van der Waals surface area (Å²) in [4.78, 5) is 13.0. The number of hydrogen-bond donors (Lipinski definition) is 1. The van der Waals surface area contributed by atoms with Crippen molar-refractivity contribution in [3.8, 4) is 11.3 Å². The molecule has 0 radical (unpaired) electrons. The van der Waals surface area contributed by atoms with Gasteiger partial charge < -0.3 is 23.9 Å². The summed E-state index contributed by atoms with van der Waals surface area (Å²) < 4.78 is 63.4. The number of hydrogen-bond acceptors (Lipinski definition) is 7. The molecule has 9 nitrogen and oxygen atoms in total. The second-order valence-electron chi connectivity index (χ2n) is 10.0. The van der Waals surface area contributed by atoms with E-state index < -0.39 is 15.8 Å². The normalized spacial score (nSPS) is 13.0. The highest BCUT2D eigenvalue weighted by molar-refractivity contribution is 9.10. The molecule has 1 aliphatic rings. The quantitative estimate of drug-likeness (QED) is 0.0990. The van der Waals surface area contributed by atoms with Crippen LogP contribution < -0.4 is 9.62 Å². The van der Waals surface area contributed by atoms with Crippen LogP contribution >= 0.6 is 27.5 Å². The maximum absolute atomic E-state index is 13.6. The SMILES string of the molecule is CNC(=O)c1c(-c2ccc(F)cc2)oc2cc(N(c3ccc(Br)c(COCOC)c3)S(C)(=O)=O)c(C3CC3)cc12.COCCl. The number of halogens is 3. The first-order chi connectivity index (χ1) is 21.0. The highest BCUT2D eigenvalue weighted by Gasteiger charge is 2.34. The van der Waals surface area contributed by atoms with Crippen molar-refractivity contribution in [1.29, 1.82) is 0 Å². The second-order valence-corrected chi connectivity index (χ2v) is 12.9. The molecule has 1 N–H and O–H groups in total. The summed E-state index contributed by atoms with van der Waals surface area (Å²) in [6.45, 7) is 0.306. The van der Waals surface area contributed by atoms with Gasteiger partial charge in [-0.15, -0.1) is 0 Å². The molecule has 4 aromatic rings. The highest BCUT2D eigenvalue weighted by Crippen LogP contribution is 2.49. The smallest absolute Gasteiger partial charge is 0.255 e. The van der Waals surface area contributed by atoms with Gasteiger partial charge in [-0.2, -0.15) is 0 Å². The van der Waals surface area contributed by atoms with Gasteiger partial charge in [-0.25, -0.2) is 17.1 Å². The molecule has 0 spiro atoms. The van der Waals surface area contributed by atoms with Gasteiger partial charge in [0, 0.05) is 42.8 Å². The fraction of sp³-hybridized carbons (Fsp3) is 0.323. The molecular formula is C31H33BrClFN2O7S. The molecule has 13 heteroatoms. The van der Waals surface area contributed by atoms with Crippen molar-refractivity contribution in [1.82, 2.24) is 5.32 Å². The molecule has 0 bridgehead atoms. The molecule has 1 aliphatic carbocycles. The van der Waals surface area contributed by atoms with Crippen molar-refractivity contribution in [3.05, 3.63) is 81.6 Å². The predicted molar refractivity (Wildman–Crippen MR) is 172 cm³/mol. The first-order valence-electron chi connectivity index (χ1n) is 13.5. The van der Waals surface area contributed by atoms with Crippen LogP contribution in [0.1, 0.15) is 40.2 Å². The van der Waals surface area contributed by atoms with Gasteiger partial charge in [-0.3, -0.25) is 4.79 Å². The minimum atomic E-state index is -3.81. The number of nitrogens with zero attached hydrogens (tertiary/aromatic N) is 1. The van der Waals surface area contributed by atoms with E-state index in [4.69, 9.17) is 25.5 Å². The van der Waals surface area contributed by atoms with E-state index in [0.717, 1.165) is 34.7 Å². The van der Waals surface area contributed by atoms with Crippen molar-refractivity contribution in [2.45, 2.75) is 25.4 Å². The van der Waals surface area contributed by atoms with Crippen molar-refractivity contribution in [2.75, 3.05) is 44.7 Å². The third kappa shape index (κ3) is 7.79. The van der Waals surface area contributed by atoms with Crippen molar-refractivity contribution in [2.24, 2.45) is 0 Å². The summed E-state index contributed by atoms with van der Waals surface area (Å²) >= 11 is 8.47. The number of carbonyl (C=O) groups is 1. The number of sulfonamides is 1. The molecule has 0 saturated heterocycles. The van der Waals surface area contributed by atoms with E-state index in [0.29, 0.717) is 39.5 Å². The van der Waals surface area contributed by atoms with Crippen molar-refractivity contribution < 1.29 is 36.2 Å². The highest BCUT2D eigenvalue weighted by atomic mass is 79.9. The fourth-order valence-electron chi connectivity index (χ4n) is 4.74. The van der Waals surface area contributed by atoms with Gasteiger partial charge in [0.15, 0.2) is 0 Å². The third-order valence-corrected chi connectivity index (χ3v) is 8.86. The standard InChI is InChI=1S/C29H28BrFN2O6S.C2H5ClO/c1-32-29(34)27-23-13-22(17-4-5-17)25(14-26(23)39-28(27)18-6-8-20(31)9-7-18)33(40(3,35)36)21-10-11-24(30)19(12-21)15-38-16-37-2;1-4-2-3/h6-14,17H,4-5,15-16H2,1-3H3,(H,32,34);2H2,1H3. The summed E-state index contributed by atoms with van der Waals surface area (Å²) in [6, 6.07) is 14.7. The lowest BCUT2D eigenvalue weighted by Gasteiger charge is -2.26. The number of methoxy groups -OCH3 is 2. The summed E-state index contributed by atoms with van der Waals surface area (Å²) in [7, 11) is 0.787. The van der Waals surface area contributed by atoms with E-state index in [-0.39, 0.29) is 31.0 Å². The Morgan fingerprint density at radius 2 is 1.80 bits per heavy atom. The van der Waals surface area contributed by atoms with Gasteiger partial charge in [0.2, 0.25) is 10.0 Å².